The highest BCUT2D eigenvalue weighted by Crippen LogP contribution is 2.67. The number of aliphatic hydroxyl groups is 1. The predicted molar refractivity (Wildman–Crippen MR) is 119 cm³/mol. The molecule has 0 heterocycles. The van der Waals surface area contributed by atoms with Crippen LogP contribution in [0.4, 0.5) is 0 Å². The summed E-state index contributed by atoms with van der Waals surface area (Å²) in [5, 5.41) is 10.2. The summed E-state index contributed by atoms with van der Waals surface area (Å²) in [5.41, 5.74) is 2.39. The first kappa shape index (κ1) is 21.6. The number of Topliss-reactive ketones (excluding diaryl/α,β-unsaturated/α-hetero) is 1. The highest BCUT2D eigenvalue weighted by molar-refractivity contribution is 5.80. The van der Waals surface area contributed by atoms with Gasteiger partial charge in [0.15, 0.2) is 0 Å². The van der Waals surface area contributed by atoms with Gasteiger partial charge in [-0.3, -0.25) is 4.79 Å². The molecule has 29 heavy (non-hydrogen) atoms. The Morgan fingerprint density at radius 1 is 1.10 bits per heavy atom. The summed E-state index contributed by atoms with van der Waals surface area (Å²) in [5.74, 6) is 4.60. The van der Waals surface area contributed by atoms with E-state index < -0.39 is 0 Å². The first-order chi connectivity index (χ1) is 13.7. The summed E-state index contributed by atoms with van der Waals surface area (Å²) in [6.45, 7) is 11.6. The number of allylic oxidation sites excluding steroid dienone is 1. The molecule has 0 aromatic carbocycles. The average Bonchev–Trinajstić information content (AvgIpc) is 3.03. The molecule has 0 bridgehead atoms. The van der Waals surface area contributed by atoms with Crippen molar-refractivity contribution in [3.8, 4) is 0 Å². The number of carbonyl (C=O) groups excluding carboxylic acids is 1. The summed E-state index contributed by atoms with van der Waals surface area (Å²) < 4.78 is 0. The molecule has 0 aromatic heterocycles. The lowest BCUT2D eigenvalue weighted by Gasteiger charge is -2.58. The van der Waals surface area contributed by atoms with Crippen molar-refractivity contribution in [1.82, 2.24) is 0 Å². The largest absolute Gasteiger partial charge is 0.393 e. The Morgan fingerprint density at radius 3 is 2.59 bits per heavy atom. The topological polar surface area (TPSA) is 37.3 Å². The van der Waals surface area contributed by atoms with E-state index in [0.717, 1.165) is 49.4 Å². The van der Waals surface area contributed by atoms with Crippen molar-refractivity contribution in [2.24, 2.45) is 46.3 Å². The zero-order chi connectivity index (χ0) is 21.0. The molecule has 8 atom stereocenters. The third-order valence-electron chi connectivity index (χ3n) is 10.3. The van der Waals surface area contributed by atoms with Gasteiger partial charge in [0.1, 0.15) is 5.78 Å². The second kappa shape index (κ2) is 7.81. The number of carbonyl (C=O) groups is 1. The molecule has 2 nitrogen and oxygen atoms in total. The zero-order valence-electron chi connectivity index (χ0n) is 19.5. The van der Waals surface area contributed by atoms with E-state index in [-0.39, 0.29) is 12.0 Å². The van der Waals surface area contributed by atoms with E-state index in [9.17, 15) is 9.90 Å². The molecule has 0 amide bonds. The third-order valence-corrected chi connectivity index (χ3v) is 10.3. The van der Waals surface area contributed by atoms with E-state index in [4.69, 9.17) is 0 Å². The molecule has 0 saturated heterocycles. The van der Waals surface area contributed by atoms with Crippen LogP contribution < -0.4 is 0 Å². The van der Waals surface area contributed by atoms with Gasteiger partial charge in [0.2, 0.25) is 0 Å². The Kier molecular flexibility index (Phi) is 5.82. The molecule has 2 heteroatoms. The van der Waals surface area contributed by atoms with Crippen LogP contribution in [0.1, 0.15) is 98.8 Å². The fraction of sp³-hybridized carbons (Fsp3) is 0.889. The smallest absolute Gasteiger partial charge is 0.135 e. The van der Waals surface area contributed by atoms with E-state index in [1.165, 1.54) is 38.5 Å². The maximum atomic E-state index is 12.2. The van der Waals surface area contributed by atoms with Gasteiger partial charge >= 0.3 is 0 Å². The van der Waals surface area contributed by atoms with Crippen LogP contribution >= 0.6 is 0 Å². The maximum Gasteiger partial charge on any atom is 0.135 e. The fourth-order valence-electron chi connectivity index (χ4n) is 8.48. The van der Waals surface area contributed by atoms with Gasteiger partial charge < -0.3 is 5.11 Å². The normalized spacial score (nSPS) is 45.2. The van der Waals surface area contributed by atoms with Crippen LogP contribution in [-0.2, 0) is 4.79 Å². The lowest BCUT2D eigenvalue weighted by Crippen LogP contribution is -2.50. The second-order valence-corrected chi connectivity index (χ2v) is 12.0. The van der Waals surface area contributed by atoms with Gasteiger partial charge in [0.25, 0.3) is 0 Å². The van der Waals surface area contributed by atoms with E-state index in [1.54, 1.807) is 5.57 Å². The predicted octanol–water partition coefficient (Wildman–Crippen LogP) is 6.57. The highest BCUT2D eigenvalue weighted by Gasteiger charge is 2.59. The van der Waals surface area contributed by atoms with Crippen molar-refractivity contribution >= 4 is 5.78 Å². The molecule has 0 aliphatic heterocycles. The third kappa shape index (κ3) is 3.56. The minimum absolute atomic E-state index is 0.106. The molecule has 164 valence electrons. The molecule has 3 fully saturated rings. The second-order valence-electron chi connectivity index (χ2n) is 12.0. The summed E-state index contributed by atoms with van der Waals surface area (Å²) in [7, 11) is 0. The average molecular weight is 401 g/mol. The van der Waals surface area contributed by atoms with Crippen molar-refractivity contribution in [2.75, 3.05) is 0 Å². The minimum Gasteiger partial charge on any atom is -0.393 e. The highest BCUT2D eigenvalue weighted by atomic mass is 16.3. The Hall–Kier alpha value is -0.630. The fourth-order valence-corrected chi connectivity index (χ4v) is 8.48. The Labute approximate surface area is 178 Å². The molecule has 4 rings (SSSR count). The molecule has 3 saturated carbocycles. The van der Waals surface area contributed by atoms with Crippen LogP contribution in [0.2, 0.25) is 0 Å². The van der Waals surface area contributed by atoms with E-state index in [2.05, 4.69) is 26.8 Å². The summed E-state index contributed by atoms with van der Waals surface area (Å²) in [6, 6.07) is 0. The van der Waals surface area contributed by atoms with Crippen LogP contribution in [0.25, 0.3) is 0 Å². The number of aliphatic hydroxyl groups excluding tert-OH is 1. The maximum absolute atomic E-state index is 12.2. The van der Waals surface area contributed by atoms with Crippen LogP contribution in [-0.4, -0.2) is 17.0 Å². The number of rotatable bonds is 5. The standard InChI is InChI=1S/C27H44O2/c1-17(2)25(29)11-6-18(3)22-9-10-23-21-8-7-19-16-20(28)12-14-26(19,4)24(21)13-15-27(22,23)5/h7,17-18,20-24,28H,6,8-16H2,1-5H3. The van der Waals surface area contributed by atoms with E-state index in [0.29, 0.717) is 22.5 Å². The first-order valence-electron chi connectivity index (χ1n) is 12.6. The molecule has 0 radical (unpaired) electrons. The van der Waals surface area contributed by atoms with Crippen molar-refractivity contribution < 1.29 is 9.90 Å². The number of ketones is 1. The van der Waals surface area contributed by atoms with Gasteiger partial charge in [0.05, 0.1) is 6.10 Å². The quantitative estimate of drug-likeness (QED) is 0.530. The molecule has 4 aliphatic rings. The molecule has 4 aliphatic carbocycles. The van der Waals surface area contributed by atoms with Gasteiger partial charge in [0, 0.05) is 12.3 Å². The first-order valence-corrected chi connectivity index (χ1v) is 12.6. The number of hydrogen-bond donors (Lipinski definition) is 1. The van der Waals surface area contributed by atoms with Gasteiger partial charge in [-0.2, -0.15) is 0 Å². The van der Waals surface area contributed by atoms with E-state index >= 15 is 0 Å². The van der Waals surface area contributed by atoms with Crippen LogP contribution in [0.15, 0.2) is 11.6 Å². The molecule has 0 spiro atoms. The SMILES string of the molecule is CC(C)C(=O)CCC(C)C1CCC2C3CC=C4CC(O)CCC4(C)C3CCC12C. The Morgan fingerprint density at radius 2 is 1.86 bits per heavy atom. The molecular formula is C27H44O2. The van der Waals surface area contributed by atoms with E-state index in [1.807, 2.05) is 13.8 Å². The Balaban J connectivity index is 1.49. The minimum atomic E-state index is -0.106. The van der Waals surface area contributed by atoms with Crippen LogP contribution in [0.5, 0.6) is 0 Å². The van der Waals surface area contributed by atoms with Crippen LogP contribution in [0, 0.1) is 46.3 Å². The molecule has 0 aromatic rings. The van der Waals surface area contributed by atoms with Gasteiger partial charge in [-0.25, -0.2) is 0 Å². The van der Waals surface area contributed by atoms with Crippen molar-refractivity contribution in [1.29, 1.82) is 0 Å². The molecule has 8 unspecified atom stereocenters. The van der Waals surface area contributed by atoms with Gasteiger partial charge in [-0.1, -0.05) is 46.3 Å². The monoisotopic (exact) mass is 400 g/mol. The summed E-state index contributed by atoms with van der Waals surface area (Å²) in [4.78, 5) is 12.2. The van der Waals surface area contributed by atoms with Crippen LogP contribution in [0.3, 0.4) is 0 Å². The zero-order valence-corrected chi connectivity index (χ0v) is 19.5. The van der Waals surface area contributed by atoms with Crippen molar-refractivity contribution in [3.63, 3.8) is 0 Å². The Bertz CT molecular complexity index is 663. The van der Waals surface area contributed by atoms with Crippen molar-refractivity contribution in [3.05, 3.63) is 11.6 Å². The van der Waals surface area contributed by atoms with Gasteiger partial charge in [-0.05, 0) is 98.2 Å². The van der Waals surface area contributed by atoms with Gasteiger partial charge in [-0.15, -0.1) is 0 Å². The summed E-state index contributed by atoms with van der Waals surface area (Å²) in [6.07, 6.45) is 14.1. The lowest BCUT2D eigenvalue weighted by molar-refractivity contribution is -0.122. The lowest BCUT2D eigenvalue weighted by atomic mass is 9.47. The van der Waals surface area contributed by atoms with Crippen molar-refractivity contribution in [2.45, 2.75) is 105 Å². The number of hydrogen-bond acceptors (Lipinski definition) is 2. The number of fused-ring (bicyclic) bond motifs is 5. The molecule has 1 N–H and O–H groups in total. The molecular weight excluding hydrogens is 356 g/mol. The summed E-state index contributed by atoms with van der Waals surface area (Å²) >= 11 is 0.